The second-order valence-corrected chi connectivity index (χ2v) is 7.54. The van der Waals surface area contributed by atoms with Crippen molar-refractivity contribution in [2.45, 2.75) is 38.3 Å². The van der Waals surface area contributed by atoms with E-state index in [0.29, 0.717) is 29.3 Å². The molecule has 0 radical (unpaired) electrons. The molecule has 2 aliphatic carbocycles. The van der Waals surface area contributed by atoms with Gasteiger partial charge >= 0.3 is 0 Å². The third-order valence-corrected chi connectivity index (χ3v) is 5.62. The van der Waals surface area contributed by atoms with Crippen LogP contribution in [-0.2, 0) is 6.54 Å². The van der Waals surface area contributed by atoms with Gasteiger partial charge < -0.3 is 15.4 Å². The molecule has 0 saturated heterocycles. The minimum absolute atomic E-state index is 0.339. The van der Waals surface area contributed by atoms with Crippen molar-refractivity contribution >= 4 is 17.3 Å². The zero-order chi connectivity index (χ0) is 17.9. The van der Waals surface area contributed by atoms with Crippen LogP contribution in [0.15, 0.2) is 42.6 Å². The molecule has 1 heterocycles. The number of benzene rings is 1. The first-order valence-electron chi connectivity index (χ1n) is 9.09. The lowest BCUT2D eigenvalue weighted by atomic mass is 9.96. The third-order valence-electron chi connectivity index (χ3n) is 5.35. The van der Waals surface area contributed by atoms with Crippen molar-refractivity contribution in [2.24, 2.45) is 11.8 Å². The fraction of sp³-hybridized carbons (Fsp3) is 0.400. The molecule has 6 heteroatoms. The van der Waals surface area contributed by atoms with Crippen LogP contribution in [0.4, 0.5) is 4.39 Å². The summed E-state index contributed by atoms with van der Waals surface area (Å²) >= 11 is 5.46. The number of pyridine rings is 1. The molecule has 2 bridgehead atoms. The van der Waals surface area contributed by atoms with E-state index < -0.39 is 0 Å². The summed E-state index contributed by atoms with van der Waals surface area (Å²) in [6.45, 7) is 0.505. The van der Waals surface area contributed by atoms with Crippen molar-refractivity contribution in [1.82, 2.24) is 15.6 Å². The van der Waals surface area contributed by atoms with E-state index >= 15 is 0 Å². The zero-order valence-corrected chi connectivity index (χ0v) is 15.3. The molecular formula is C20H22FN3OS. The smallest absolute Gasteiger partial charge is 0.224 e. The van der Waals surface area contributed by atoms with E-state index in [9.17, 15) is 4.39 Å². The van der Waals surface area contributed by atoms with Gasteiger partial charge in [-0.25, -0.2) is 9.37 Å². The quantitative estimate of drug-likeness (QED) is 0.773. The van der Waals surface area contributed by atoms with Gasteiger partial charge in [-0.3, -0.25) is 0 Å². The summed E-state index contributed by atoms with van der Waals surface area (Å²) in [4.78, 5) is 4.27. The van der Waals surface area contributed by atoms with Crippen molar-refractivity contribution in [1.29, 1.82) is 0 Å². The number of fused-ring (bicyclic) bond motifs is 2. The standard InChI is InChI=1S/C20H22FN3OS/c21-16-4-1-5-17(11-16)25-19-15(3-2-8-22-19)12-23-20(26)24-18-10-13-6-7-14(18)9-13/h1-5,8,11,13-14,18H,6-7,9-10,12H2,(H2,23,24,26). The summed E-state index contributed by atoms with van der Waals surface area (Å²) in [5.41, 5.74) is 0.869. The Morgan fingerprint density at radius 2 is 2.15 bits per heavy atom. The van der Waals surface area contributed by atoms with Gasteiger partial charge in [-0.15, -0.1) is 0 Å². The van der Waals surface area contributed by atoms with Crippen molar-refractivity contribution in [3.8, 4) is 11.6 Å². The van der Waals surface area contributed by atoms with Crippen LogP contribution in [0.5, 0.6) is 11.6 Å². The van der Waals surface area contributed by atoms with Crippen LogP contribution in [0, 0.1) is 17.7 Å². The predicted molar refractivity (Wildman–Crippen MR) is 103 cm³/mol. The number of aromatic nitrogens is 1. The average Bonchev–Trinajstić information content (AvgIpc) is 3.24. The monoisotopic (exact) mass is 371 g/mol. The summed E-state index contributed by atoms with van der Waals surface area (Å²) < 4.78 is 19.1. The lowest BCUT2D eigenvalue weighted by molar-refractivity contribution is 0.389. The van der Waals surface area contributed by atoms with E-state index in [1.807, 2.05) is 12.1 Å². The Labute approximate surface area is 158 Å². The number of hydrogen-bond donors (Lipinski definition) is 2. The summed E-state index contributed by atoms with van der Waals surface area (Å²) in [7, 11) is 0. The second kappa shape index (κ2) is 7.58. The van der Waals surface area contributed by atoms with Gasteiger partial charge in [0.1, 0.15) is 11.6 Å². The minimum atomic E-state index is -0.339. The molecule has 0 aliphatic heterocycles. The Hall–Kier alpha value is -2.21. The van der Waals surface area contributed by atoms with Gasteiger partial charge in [0.05, 0.1) is 0 Å². The highest BCUT2D eigenvalue weighted by Crippen LogP contribution is 2.44. The molecule has 0 spiro atoms. The van der Waals surface area contributed by atoms with Crippen LogP contribution in [0.1, 0.15) is 31.2 Å². The first-order valence-corrected chi connectivity index (χ1v) is 9.50. The maximum absolute atomic E-state index is 13.3. The average molecular weight is 371 g/mol. The maximum Gasteiger partial charge on any atom is 0.224 e. The molecule has 4 nitrogen and oxygen atoms in total. The number of ether oxygens (including phenoxy) is 1. The van der Waals surface area contributed by atoms with Crippen LogP contribution in [-0.4, -0.2) is 16.1 Å². The summed E-state index contributed by atoms with van der Waals surface area (Å²) in [6, 6.07) is 10.3. The molecule has 2 aliphatic rings. The minimum Gasteiger partial charge on any atom is -0.439 e. The van der Waals surface area contributed by atoms with Gasteiger partial charge in [-0.2, -0.15) is 0 Å². The fourth-order valence-corrected chi connectivity index (χ4v) is 4.33. The zero-order valence-electron chi connectivity index (χ0n) is 14.5. The number of nitrogens with one attached hydrogen (secondary N) is 2. The Bertz CT molecular complexity index is 800. The molecule has 0 amide bonds. The summed E-state index contributed by atoms with van der Waals surface area (Å²) in [6.07, 6.45) is 6.92. The van der Waals surface area contributed by atoms with E-state index in [-0.39, 0.29) is 5.82 Å². The van der Waals surface area contributed by atoms with Crippen molar-refractivity contribution in [2.75, 3.05) is 0 Å². The van der Waals surface area contributed by atoms with Gasteiger partial charge in [-0.1, -0.05) is 18.6 Å². The topological polar surface area (TPSA) is 46.2 Å². The highest BCUT2D eigenvalue weighted by molar-refractivity contribution is 7.80. The highest BCUT2D eigenvalue weighted by atomic mass is 32.1. The first-order chi connectivity index (χ1) is 12.7. The third kappa shape index (κ3) is 3.96. The molecule has 136 valence electrons. The molecule has 3 atom stereocenters. The van der Waals surface area contributed by atoms with Gasteiger partial charge in [-0.05, 0) is 61.5 Å². The molecule has 1 aromatic carbocycles. The van der Waals surface area contributed by atoms with Gasteiger partial charge in [0, 0.05) is 30.4 Å². The number of thiocarbonyl (C=S) groups is 1. The molecule has 1 aromatic heterocycles. The molecular weight excluding hydrogens is 349 g/mol. The van der Waals surface area contributed by atoms with E-state index in [0.717, 1.165) is 17.4 Å². The Morgan fingerprint density at radius 1 is 1.23 bits per heavy atom. The number of halogens is 1. The van der Waals surface area contributed by atoms with E-state index in [4.69, 9.17) is 17.0 Å². The van der Waals surface area contributed by atoms with Crippen LogP contribution < -0.4 is 15.4 Å². The van der Waals surface area contributed by atoms with Crippen LogP contribution >= 0.6 is 12.2 Å². The fourth-order valence-electron chi connectivity index (χ4n) is 4.11. The van der Waals surface area contributed by atoms with Crippen LogP contribution in [0.25, 0.3) is 0 Å². The largest absolute Gasteiger partial charge is 0.439 e. The molecule has 2 fully saturated rings. The first kappa shape index (κ1) is 17.2. The van der Waals surface area contributed by atoms with Gasteiger partial charge in [0.15, 0.2) is 5.11 Å². The van der Waals surface area contributed by atoms with Crippen molar-refractivity contribution in [3.05, 3.63) is 54.0 Å². The normalized spacial score (nSPS) is 23.7. The predicted octanol–water partition coefficient (Wildman–Crippen LogP) is 4.17. The van der Waals surface area contributed by atoms with Crippen molar-refractivity contribution < 1.29 is 9.13 Å². The molecule has 2 N–H and O–H groups in total. The highest BCUT2D eigenvalue weighted by Gasteiger charge is 2.39. The van der Waals surface area contributed by atoms with E-state index in [1.54, 1.807) is 18.3 Å². The maximum atomic E-state index is 13.3. The summed E-state index contributed by atoms with van der Waals surface area (Å²) in [5, 5.41) is 7.39. The number of nitrogens with zero attached hydrogens (tertiary/aromatic N) is 1. The number of rotatable bonds is 5. The molecule has 2 saturated carbocycles. The molecule has 26 heavy (non-hydrogen) atoms. The van der Waals surface area contributed by atoms with Gasteiger partial charge in [0.2, 0.25) is 5.88 Å². The van der Waals surface area contributed by atoms with E-state index in [2.05, 4.69) is 15.6 Å². The summed E-state index contributed by atoms with van der Waals surface area (Å²) in [5.74, 6) is 2.19. The SMILES string of the molecule is Fc1cccc(Oc2ncccc2CNC(=S)NC2CC3CCC2C3)c1. The van der Waals surface area contributed by atoms with Crippen LogP contribution in [0.3, 0.4) is 0 Å². The van der Waals surface area contributed by atoms with E-state index in [1.165, 1.54) is 37.8 Å². The number of hydrogen-bond acceptors (Lipinski definition) is 3. The molecule has 2 aromatic rings. The lowest BCUT2D eigenvalue weighted by Gasteiger charge is -2.24. The molecule has 4 rings (SSSR count). The lowest BCUT2D eigenvalue weighted by Crippen LogP contribution is -2.44. The Balaban J connectivity index is 1.35. The van der Waals surface area contributed by atoms with Gasteiger partial charge in [0.25, 0.3) is 0 Å². The van der Waals surface area contributed by atoms with Crippen LogP contribution in [0.2, 0.25) is 0 Å². The Morgan fingerprint density at radius 3 is 2.92 bits per heavy atom. The molecule has 3 unspecified atom stereocenters. The van der Waals surface area contributed by atoms with Crippen molar-refractivity contribution in [3.63, 3.8) is 0 Å². The second-order valence-electron chi connectivity index (χ2n) is 7.14. The Kier molecular flexibility index (Phi) is 5.02.